The smallest absolute Gasteiger partial charge is 0.262 e. The lowest BCUT2D eigenvalue weighted by atomic mass is 10.1. The van der Waals surface area contributed by atoms with Crippen LogP contribution in [0.4, 0.5) is 11.6 Å². The summed E-state index contributed by atoms with van der Waals surface area (Å²) in [5.41, 5.74) is 10.7. The van der Waals surface area contributed by atoms with Crippen molar-refractivity contribution in [2.24, 2.45) is 7.05 Å². The van der Waals surface area contributed by atoms with E-state index in [1.54, 1.807) is 24.4 Å². The summed E-state index contributed by atoms with van der Waals surface area (Å²) in [6.45, 7) is 0.460. The number of benzene rings is 2. The van der Waals surface area contributed by atoms with Gasteiger partial charge in [-0.05, 0) is 36.4 Å². The van der Waals surface area contributed by atoms with Gasteiger partial charge in [0.05, 0.1) is 16.8 Å². The second-order valence-corrected chi connectivity index (χ2v) is 8.43. The van der Waals surface area contributed by atoms with Crippen molar-refractivity contribution in [2.75, 3.05) is 24.2 Å². The molecule has 1 aliphatic rings. The van der Waals surface area contributed by atoms with E-state index < -0.39 is 0 Å². The van der Waals surface area contributed by atoms with E-state index in [2.05, 4.69) is 32.4 Å². The molecule has 5 rings (SSSR count). The lowest BCUT2D eigenvalue weighted by Crippen LogP contribution is -2.31. The molecule has 4 aromatic rings. The number of carbonyl (C=O) groups excluding carboxylic acids is 2. The monoisotopic (exact) mass is 492 g/mol. The van der Waals surface area contributed by atoms with Gasteiger partial charge in [-0.2, -0.15) is 0 Å². The Labute approximate surface area is 213 Å². The third-order valence-corrected chi connectivity index (χ3v) is 5.90. The summed E-state index contributed by atoms with van der Waals surface area (Å²) in [5.74, 6) is 6.50. The molecule has 2 aromatic heterocycles. The number of anilines is 2. The summed E-state index contributed by atoms with van der Waals surface area (Å²) in [5, 5.41) is 5.64. The third-order valence-electron chi connectivity index (χ3n) is 5.90. The molecule has 0 aliphatic carbocycles. The summed E-state index contributed by atoms with van der Waals surface area (Å²) in [6.07, 6.45) is 2.31. The van der Waals surface area contributed by atoms with Crippen LogP contribution in [0.1, 0.15) is 27.2 Å². The minimum atomic E-state index is -0.259. The Morgan fingerprint density at radius 2 is 2.00 bits per heavy atom. The topological polar surface area (TPSA) is 124 Å². The van der Waals surface area contributed by atoms with Crippen molar-refractivity contribution >= 4 is 23.5 Å². The van der Waals surface area contributed by atoms with Gasteiger partial charge >= 0.3 is 0 Å². The summed E-state index contributed by atoms with van der Waals surface area (Å²) in [6, 6.07) is 18.2. The first-order valence-electron chi connectivity index (χ1n) is 11.7. The summed E-state index contributed by atoms with van der Waals surface area (Å²) >= 11 is 0. The first-order valence-corrected chi connectivity index (χ1v) is 11.7. The number of hydrogen-bond donors (Lipinski definition) is 3. The van der Waals surface area contributed by atoms with Crippen LogP contribution in [0.15, 0.2) is 66.9 Å². The highest BCUT2D eigenvalue weighted by molar-refractivity contribution is 5.98. The first kappa shape index (κ1) is 23.6. The molecule has 0 saturated carbocycles. The fourth-order valence-corrected chi connectivity index (χ4v) is 4.11. The molecule has 4 N–H and O–H groups in total. The van der Waals surface area contributed by atoms with Crippen LogP contribution in [-0.2, 0) is 18.3 Å². The first-order chi connectivity index (χ1) is 18.0. The van der Waals surface area contributed by atoms with Gasteiger partial charge in [0.2, 0.25) is 5.95 Å². The van der Waals surface area contributed by atoms with Gasteiger partial charge in [0.25, 0.3) is 11.8 Å². The quantitative estimate of drug-likeness (QED) is 0.368. The van der Waals surface area contributed by atoms with Gasteiger partial charge in [0.15, 0.2) is 6.61 Å². The molecule has 2 aromatic carbocycles. The summed E-state index contributed by atoms with van der Waals surface area (Å²) in [7, 11) is 1.90. The number of hydrogen-bond acceptors (Lipinski definition) is 6. The molecule has 0 unspecified atom stereocenters. The normalized spacial score (nSPS) is 12.1. The molecule has 0 fully saturated rings. The molecular weight excluding hydrogens is 468 g/mol. The second kappa shape index (κ2) is 10.3. The predicted molar refractivity (Wildman–Crippen MR) is 140 cm³/mol. The number of para-hydroxylation sites is 1. The van der Waals surface area contributed by atoms with Gasteiger partial charge in [-0.25, -0.2) is 9.97 Å². The number of carbonyl (C=O) groups is 2. The maximum atomic E-state index is 12.3. The lowest BCUT2D eigenvalue weighted by Gasteiger charge is -2.14. The Bertz CT molecular complexity index is 1550. The average Bonchev–Trinajstić information content (AvgIpc) is 3.25. The molecule has 2 amide bonds. The summed E-state index contributed by atoms with van der Waals surface area (Å²) in [4.78, 5) is 33.0. The van der Waals surface area contributed by atoms with Crippen LogP contribution in [0.25, 0.3) is 11.4 Å². The van der Waals surface area contributed by atoms with E-state index in [9.17, 15) is 9.59 Å². The maximum absolute atomic E-state index is 12.3. The standard InChI is InChI=1S/C28H24N6O3/c1-34-23-12-13-30-27(36)22(23)15-24(34)26-19(16-31-28(29)33-26)11-10-18-6-5-9-21(14-18)37-17-25(35)32-20-7-3-2-4-8-20/h2-9,14-16H,12-13,17H2,1H3,(H,30,36)(H,32,35)(H2,29,31,33). The molecule has 1 aliphatic heterocycles. The number of ether oxygens (including phenoxy) is 1. The van der Waals surface area contributed by atoms with E-state index >= 15 is 0 Å². The number of amides is 2. The molecule has 3 heterocycles. The molecule has 184 valence electrons. The minimum Gasteiger partial charge on any atom is -0.484 e. The molecule has 0 atom stereocenters. The molecule has 0 spiro atoms. The Morgan fingerprint density at radius 1 is 1.16 bits per heavy atom. The number of fused-ring (bicyclic) bond motifs is 1. The Balaban J connectivity index is 1.36. The van der Waals surface area contributed by atoms with Crippen molar-refractivity contribution in [3.8, 4) is 29.0 Å². The van der Waals surface area contributed by atoms with Crippen LogP contribution in [0.3, 0.4) is 0 Å². The molecule has 9 heteroatoms. The molecule has 37 heavy (non-hydrogen) atoms. The molecule has 0 saturated heterocycles. The van der Waals surface area contributed by atoms with Crippen molar-refractivity contribution < 1.29 is 14.3 Å². The fourth-order valence-electron chi connectivity index (χ4n) is 4.11. The van der Waals surface area contributed by atoms with Crippen LogP contribution < -0.4 is 21.1 Å². The van der Waals surface area contributed by atoms with Crippen LogP contribution in [-0.4, -0.2) is 39.5 Å². The maximum Gasteiger partial charge on any atom is 0.262 e. The Morgan fingerprint density at radius 3 is 2.81 bits per heavy atom. The van der Waals surface area contributed by atoms with Crippen molar-refractivity contribution in [2.45, 2.75) is 6.42 Å². The predicted octanol–water partition coefficient (Wildman–Crippen LogP) is 2.77. The Kier molecular flexibility index (Phi) is 6.55. The van der Waals surface area contributed by atoms with Crippen LogP contribution in [0.5, 0.6) is 5.75 Å². The molecule has 9 nitrogen and oxygen atoms in total. The molecule has 0 bridgehead atoms. The van der Waals surface area contributed by atoms with Gasteiger partial charge in [0, 0.05) is 43.2 Å². The Hall–Kier alpha value is -5.10. The van der Waals surface area contributed by atoms with Gasteiger partial charge in [0.1, 0.15) is 11.4 Å². The highest BCUT2D eigenvalue weighted by Gasteiger charge is 2.24. The molecule has 0 radical (unpaired) electrons. The van der Waals surface area contributed by atoms with E-state index in [0.29, 0.717) is 40.4 Å². The van der Waals surface area contributed by atoms with Gasteiger partial charge < -0.3 is 25.7 Å². The zero-order chi connectivity index (χ0) is 25.8. The van der Waals surface area contributed by atoms with Crippen molar-refractivity contribution in [3.05, 3.63) is 89.2 Å². The largest absolute Gasteiger partial charge is 0.484 e. The van der Waals surface area contributed by atoms with Crippen LogP contribution >= 0.6 is 0 Å². The molecular formula is C28H24N6O3. The number of rotatable bonds is 5. The second-order valence-electron chi connectivity index (χ2n) is 8.43. The number of aromatic nitrogens is 3. The average molecular weight is 493 g/mol. The zero-order valence-electron chi connectivity index (χ0n) is 20.1. The SMILES string of the molecule is Cn1c(-c2nc(N)ncc2C#Cc2cccc(OCC(=O)Nc3ccccc3)c2)cc2c1CCNC2=O. The van der Waals surface area contributed by atoms with Gasteiger partial charge in [-0.1, -0.05) is 36.1 Å². The number of nitrogens with two attached hydrogens (primary N) is 1. The summed E-state index contributed by atoms with van der Waals surface area (Å²) < 4.78 is 7.61. The number of nitrogens with zero attached hydrogens (tertiary/aromatic N) is 3. The van der Waals surface area contributed by atoms with E-state index in [1.807, 2.05) is 54.1 Å². The van der Waals surface area contributed by atoms with Crippen molar-refractivity contribution in [3.63, 3.8) is 0 Å². The minimum absolute atomic E-state index is 0.105. The van der Waals surface area contributed by atoms with Crippen molar-refractivity contribution in [1.29, 1.82) is 0 Å². The van der Waals surface area contributed by atoms with E-state index in [-0.39, 0.29) is 24.4 Å². The van der Waals surface area contributed by atoms with Crippen LogP contribution in [0, 0.1) is 11.8 Å². The number of nitrogen functional groups attached to an aromatic ring is 1. The van der Waals surface area contributed by atoms with E-state index in [1.165, 1.54) is 0 Å². The van der Waals surface area contributed by atoms with Gasteiger partial charge in [-0.15, -0.1) is 0 Å². The zero-order valence-corrected chi connectivity index (χ0v) is 20.1. The number of nitrogens with one attached hydrogen (secondary N) is 2. The van der Waals surface area contributed by atoms with Gasteiger partial charge in [-0.3, -0.25) is 9.59 Å². The lowest BCUT2D eigenvalue weighted by molar-refractivity contribution is -0.118. The highest BCUT2D eigenvalue weighted by atomic mass is 16.5. The van der Waals surface area contributed by atoms with E-state index in [4.69, 9.17) is 10.5 Å². The van der Waals surface area contributed by atoms with Crippen LogP contribution in [0.2, 0.25) is 0 Å². The third kappa shape index (κ3) is 5.28. The highest BCUT2D eigenvalue weighted by Crippen LogP contribution is 2.28. The fraction of sp³-hybridized carbons (Fsp3) is 0.143. The van der Waals surface area contributed by atoms with Crippen molar-refractivity contribution in [1.82, 2.24) is 19.9 Å². The van der Waals surface area contributed by atoms with E-state index in [0.717, 1.165) is 17.8 Å².